The van der Waals surface area contributed by atoms with Crippen molar-refractivity contribution in [3.8, 4) is 0 Å². The lowest BCUT2D eigenvalue weighted by atomic mass is 10.2. The van der Waals surface area contributed by atoms with Gasteiger partial charge in [-0.3, -0.25) is 0 Å². The second kappa shape index (κ2) is 5.88. The Balaban J connectivity index is 2.28. The molecule has 0 saturated heterocycles. The molecule has 1 heterocycles. The molecule has 0 aliphatic carbocycles. The van der Waals surface area contributed by atoms with Crippen LogP contribution in [0.25, 0.3) is 0 Å². The highest BCUT2D eigenvalue weighted by molar-refractivity contribution is 7.99. The minimum Gasteiger partial charge on any atom is -0.316 e. The number of aromatic nitrogens is 2. The zero-order valence-corrected chi connectivity index (χ0v) is 10.5. The largest absolute Gasteiger partial charge is 0.316 e. The van der Waals surface area contributed by atoms with Crippen LogP contribution in [0.2, 0.25) is 0 Å². The van der Waals surface area contributed by atoms with E-state index < -0.39 is 11.6 Å². The number of nitrogens with one attached hydrogen (secondary N) is 1. The Morgan fingerprint density at radius 3 is 2.56 bits per heavy atom. The summed E-state index contributed by atoms with van der Waals surface area (Å²) < 4.78 is 27.6. The van der Waals surface area contributed by atoms with Crippen molar-refractivity contribution in [1.82, 2.24) is 15.3 Å². The minimum absolute atomic E-state index is 0.0476. The Labute approximate surface area is 108 Å². The highest BCUT2D eigenvalue weighted by atomic mass is 32.2. The van der Waals surface area contributed by atoms with E-state index in [2.05, 4.69) is 15.3 Å². The van der Waals surface area contributed by atoms with E-state index in [4.69, 9.17) is 0 Å². The standard InChI is InChI=1S/C12H11F2N3S/c1-15-6-8-4-9(13)12(10(14)5-8)18-11-2-3-16-7-17-11/h2-5,7,15H,6H2,1H3. The van der Waals surface area contributed by atoms with Crippen molar-refractivity contribution in [1.29, 1.82) is 0 Å². The van der Waals surface area contributed by atoms with Gasteiger partial charge in [0, 0.05) is 12.7 Å². The molecule has 3 nitrogen and oxygen atoms in total. The maximum atomic E-state index is 13.8. The summed E-state index contributed by atoms with van der Waals surface area (Å²) in [6.45, 7) is 0.423. The van der Waals surface area contributed by atoms with Crippen molar-refractivity contribution in [3.05, 3.63) is 47.9 Å². The fraction of sp³-hybridized carbons (Fsp3) is 0.167. The van der Waals surface area contributed by atoms with Gasteiger partial charge in [-0.05, 0) is 30.8 Å². The Bertz CT molecular complexity index is 511. The lowest BCUT2D eigenvalue weighted by Crippen LogP contribution is -2.06. The molecule has 1 N–H and O–H groups in total. The van der Waals surface area contributed by atoms with E-state index in [1.165, 1.54) is 24.7 Å². The molecule has 0 spiro atoms. The van der Waals surface area contributed by atoms with Gasteiger partial charge >= 0.3 is 0 Å². The van der Waals surface area contributed by atoms with E-state index in [0.717, 1.165) is 11.8 Å². The van der Waals surface area contributed by atoms with Gasteiger partial charge in [0.2, 0.25) is 0 Å². The number of benzene rings is 1. The van der Waals surface area contributed by atoms with Crippen LogP contribution < -0.4 is 5.32 Å². The van der Waals surface area contributed by atoms with Crippen LogP contribution in [0.5, 0.6) is 0 Å². The van der Waals surface area contributed by atoms with Crippen LogP contribution in [0.15, 0.2) is 40.6 Å². The summed E-state index contributed by atoms with van der Waals surface area (Å²) in [7, 11) is 1.72. The van der Waals surface area contributed by atoms with Crippen LogP contribution in [0, 0.1) is 11.6 Å². The van der Waals surface area contributed by atoms with Gasteiger partial charge in [0.05, 0.1) is 4.90 Å². The number of hydrogen-bond donors (Lipinski definition) is 1. The molecular weight excluding hydrogens is 256 g/mol. The number of rotatable bonds is 4. The van der Waals surface area contributed by atoms with Crippen LogP contribution in [0.3, 0.4) is 0 Å². The predicted molar refractivity (Wildman–Crippen MR) is 65.3 cm³/mol. The van der Waals surface area contributed by atoms with Crippen molar-refractivity contribution in [3.63, 3.8) is 0 Å². The van der Waals surface area contributed by atoms with Gasteiger partial charge in [-0.1, -0.05) is 11.8 Å². The Kier molecular flexibility index (Phi) is 4.22. The molecule has 0 aliphatic rings. The molecule has 6 heteroatoms. The molecule has 0 bridgehead atoms. The van der Waals surface area contributed by atoms with Gasteiger partial charge in [0.1, 0.15) is 23.0 Å². The number of nitrogens with zero attached hydrogens (tertiary/aromatic N) is 2. The van der Waals surface area contributed by atoms with Crippen molar-refractivity contribution >= 4 is 11.8 Å². The van der Waals surface area contributed by atoms with E-state index >= 15 is 0 Å². The van der Waals surface area contributed by atoms with Crippen molar-refractivity contribution < 1.29 is 8.78 Å². The fourth-order valence-electron chi connectivity index (χ4n) is 1.46. The average molecular weight is 267 g/mol. The maximum absolute atomic E-state index is 13.8. The van der Waals surface area contributed by atoms with Crippen LogP contribution in [0.4, 0.5) is 8.78 Å². The second-order valence-electron chi connectivity index (χ2n) is 3.57. The molecule has 2 aromatic rings. The second-order valence-corrected chi connectivity index (χ2v) is 4.60. The molecule has 0 atom stereocenters. The van der Waals surface area contributed by atoms with Gasteiger partial charge < -0.3 is 5.32 Å². The third-order valence-corrected chi connectivity index (χ3v) is 3.25. The van der Waals surface area contributed by atoms with Crippen molar-refractivity contribution in [2.24, 2.45) is 0 Å². The summed E-state index contributed by atoms with van der Waals surface area (Å²) in [5.74, 6) is -1.16. The first-order valence-corrected chi connectivity index (χ1v) is 6.08. The molecule has 1 aromatic carbocycles. The molecular formula is C12H11F2N3S. The minimum atomic E-state index is -0.580. The predicted octanol–water partition coefficient (Wildman–Crippen LogP) is 2.63. The van der Waals surface area contributed by atoms with E-state index in [1.54, 1.807) is 13.1 Å². The maximum Gasteiger partial charge on any atom is 0.140 e. The highest BCUT2D eigenvalue weighted by Crippen LogP contribution is 2.31. The Morgan fingerprint density at radius 1 is 1.28 bits per heavy atom. The summed E-state index contributed by atoms with van der Waals surface area (Å²) in [5, 5.41) is 3.35. The number of halogens is 2. The van der Waals surface area contributed by atoms with E-state index in [-0.39, 0.29) is 4.90 Å². The molecule has 0 unspecified atom stereocenters. The summed E-state index contributed by atoms with van der Waals surface area (Å²) in [6.07, 6.45) is 2.87. The lowest BCUT2D eigenvalue weighted by molar-refractivity contribution is 0.535. The van der Waals surface area contributed by atoms with Gasteiger partial charge in [-0.2, -0.15) is 0 Å². The van der Waals surface area contributed by atoms with E-state index in [0.29, 0.717) is 17.1 Å². The molecule has 1 aromatic heterocycles. The lowest BCUT2D eigenvalue weighted by Gasteiger charge is -2.07. The third kappa shape index (κ3) is 3.02. The SMILES string of the molecule is CNCc1cc(F)c(Sc2ccncn2)c(F)c1. The van der Waals surface area contributed by atoms with Gasteiger partial charge in [0.15, 0.2) is 0 Å². The Hall–Kier alpha value is -1.53. The number of hydrogen-bond acceptors (Lipinski definition) is 4. The first-order chi connectivity index (χ1) is 8.70. The molecule has 94 valence electrons. The zero-order valence-electron chi connectivity index (χ0n) is 9.65. The molecule has 0 amide bonds. The van der Waals surface area contributed by atoms with Crippen LogP contribution >= 0.6 is 11.8 Å². The van der Waals surface area contributed by atoms with E-state index in [9.17, 15) is 8.78 Å². The normalized spacial score (nSPS) is 10.6. The topological polar surface area (TPSA) is 37.8 Å². The zero-order chi connectivity index (χ0) is 13.0. The van der Waals surface area contributed by atoms with Crippen LogP contribution in [-0.2, 0) is 6.54 Å². The van der Waals surface area contributed by atoms with Crippen molar-refractivity contribution in [2.45, 2.75) is 16.5 Å². The quantitative estimate of drug-likeness (QED) is 0.864. The van der Waals surface area contributed by atoms with Crippen LogP contribution in [-0.4, -0.2) is 17.0 Å². The fourth-order valence-corrected chi connectivity index (χ4v) is 2.21. The summed E-state index contributed by atoms with van der Waals surface area (Å²) in [6, 6.07) is 4.25. The first-order valence-electron chi connectivity index (χ1n) is 5.27. The molecule has 0 aliphatic heterocycles. The first kappa shape index (κ1) is 12.9. The highest BCUT2D eigenvalue weighted by Gasteiger charge is 2.13. The van der Waals surface area contributed by atoms with Gasteiger partial charge in [-0.25, -0.2) is 18.7 Å². The van der Waals surface area contributed by atoms with Crippen LogP contribution in [0.1, 0.15) is 5.56 Å². The molecule has 0 radical (unpaired) electrons. The summed E-state index contributed by atoms with van der Waals surface area (Å²) in [5.41, 5.74) is 0.569. The molecule has 18 heavy (non-hydrogen) atoms. The van der Waals surface area contributed by atoms with Gasteiger partial charge in [0.25, 0.3) is 0 Å². The summed E-state index contributed by atoms with van der Waals surface area (Å²) >= 11 is 0.946. The monoisotopic (exact) mass is 267 g/mol. The molecule has 0 fully saturated rings. The van der Waals surface area contributed by atoms with E-state index in [1.807, 2.05) is 0 Å². The molecule has 0 saturated carbocycles. The molecule has 2 rings (SSSR count). The van der Waals surface area contributed by atoms with Gasteiger partial charge in [-0.15, -0.1) is 0 Å². The average Bonchev–Trinajstić information content (AvgIpc) is 2.36. The smallest absolute Gasteiger partial charge is 0.140 e. The summed E-state index contributed by atoms with van der Waals surface area (Å²) in [4.78, 5) is 7.62. The Morgan fingerprint density at radius 2 is 2.00 bits per heavy atom. The van der Waals surface area contributed by atoms with Crippen molar-refractivity contribution in [2.75, 3.05) is 7.05 Å². The third-order valence-electron chi connectivity index (χ3n) is 2.20.